The first kappa shape index (κ1) is 9.01. The van der Waals surface area contributed by atoms with Crippen LogP contribution in [0.3, 0.4) is 0 Å². The first-order valence-electron chi connectivity index (χ1n) is 4.61. The predicted octanol–water partition coefficient (Wildman–Crippen LogP) is 3.77. The molecule has 0 radical (unpaired) electrons. The fourth-order valence-electron chi connectivity index (χ4n) is 1.71. The van der Waals surface area contributed by atoms with Gasteiger partial charge in [0.1, 0.15) is 5.67 Å². The van der Waals surface area contributed by atoms with Gasteiger partial charge in [0.05, 0.1) is 0 Å². The molecule has 0 unspecified atom stereocenters. The minimum absolute atomic E-state index is 0.546. The van der Waals surface area contributed by atoms with Gasteiger partial charge in [-0.2, -0.15) is 0 Å². The molecular weight excluding hydrogens is 187 g/mol. The van der Waals surface area contributed by atoms with Crippen molar-refractivity contribution in [3.8, 4) is 0 Å². The van der Waals surface area contributed by atoms with Crippen LogP contribution in [-0.4, -0.2) is 5.67 Å². The Bertz CT molecular complexity index is 287. The largest absolute Gasteiger partial charge is 0.244 e. The summed E-state index contributed by atoms with van der Waals surface area (Å²) < 4.78 is 13.7. The summed E-state index contributed by atoms with van der Waals surface area (Å²) in [6.07, 6.45) is 3.01. The van der Waals surface area contributed by atoms with E-state index >= 15 is 0 Å². The minimum Gasteiger partial charge on any atom is -0.244 e. The molecule has 0 atom stereocenters. The molecule has 1 aliphatic carbocycles. The van der Waals surface area contributed by atoms with Gasteiger partial charge in [0.25, 0.3) is 0 Å². The van der Waals surface area contributed by atoms with Crippen LogP contribution >= 0.6 is 11.6 Å². The molecule has 2 rings (SSSR count). The van der Waals surface area contributed by atoms with Crippen molar-refractivity contribution in [2.75, 3.05) is 0 Å². The molecule has 1 aromatic rings. The molecule has 0 spiro atoms. The zero-order chi connectivity index (χ0) is 9.31. The Kier molecular flexibility index (Phi) is 2.29. The van der Waals surface area contributed by atoms with Gasteiger partial charge in [-0.1, -0.05) is 23.7 Å². The Morgan fingerprint density at radius 1 is 1.23 bits per heavy atom. The number of benzene rings is 1. The molecular formula is C11H12ClF. The van der Waals surface area contributed by atoms with Gasteiger partial charge < -0.3 is 0 Å². The first-order chi connectivity index (χ1) is 6.18. The summed E-state index contributed by atoms with van der Waals surface area (Å²) in [5.41, 5.74) is 0.125. The molecule has 2 heteroatoms. The average molecular weight is 199 g/mol. The summed E-state index contributed by atoms with van der Waals surface area (Å²) in [7, 11) is 0. The maximum Gasteiger partial charge on any atom is 0.115 e. The second-order valence-electron chi connectivity index (χ2n) is 3.81. The van der Waals surface area contributed by atoms with Gasteiger partial charge in [0.2, 0.25) is 0 Å². The maximum atomic E-state index is 13.7. The topological polar surface area (TPSA) is 0 Å². The highest BCUT2D eigenvalue weighted by atomic mass is 35.5. The molecule has 1 aromatic carbocycles. The summed E-state index contributed by atoms with van der Waals surface area (Å²) >= 11 is 5.74. The Labute approximate surface area is 82.7 Å². The molecule has 13 heavy (non-hydrogen) atoms. The van der Waals surface area contributed by atoms with Gasteiger partial charge in [-0.05, 0) is 37.0 Å². The van der Waals surface area contributed by atoms with E-state index in [0.717, 1.165) is 24.8 Å². The van der Waals surface area contributed by atoms with Gasteiger partial charge in [0.15, 0.2) is 0 Å². The average Bonchev–Trinajstić information content (AvgIpc) is 2.06. The lowest BCUT2D eigenvalue weighted by Crippen LogP contribution is -2.33. The smallest absolute Gasteiger partial charge is 0.115 e. The van der Waals surface area contributed by atoms with Crippen molar-refractivity contribution in [2.24, 2.45) is 0 Å². The van der Waals surface area contributed by atoms with E-state index in [1.807, 2.05) is 24.3 Å². The number of alkyl halides is 1. The molecule has 0 heterocycles. The Balaban J connectivity index is 2.05. The normalized spacial score (nSPS) is 19.5. The van der Waals surface area contributed by atoms with Crippen LogP contribution in [0, 0.1) is 0 Å². The van der Waals surface area contributed by atoms with Crippen LogP contribution in [0.4, 0.5) is 4.39 Å². The number of halogens is 2. The molecule has 0 nitrogen and oxygen atoms in total. The Morgan fingerprint density at radius 3 is 2.31 bits per heavy atom. The fraction of sp³-hybridized carbons (Fsp3) is 0.455. The van der Waals surface area contributed by atoms with Crippen molar-refractivity contribution in [2.45, 2.75) is 31.4 Å². The quantitative estimate of drug-likeness (QED) is 0.679. The zero-order valence-corrected chi connectivity index (χ0v) is 8.15. The maximum absolute atomic E-state index is 13.7. The van der Waals surface area contributed by atoms with Crippen molar-refractivity contribution in [3.05, 3.63) is 34.9 Å². The third-order valence-corrected chi connectivity index (χ3v) is 2.94. The summed E-state index contributed by atoms with van der Waals surface area (Å²) in [4.78, 5) is 0. The molecule has 0 aliphatic heterocycles. The summed E-state index contributed by atoms with van der Waals surface area (Å²) in [6.45, 7) is 0. The third-order valence-electron chi connectivity index (χ3n) is 2.68. The third kappa shape index (κ3) is 2.02. The lowest BCUT2D eigenvalue weighted by atomic mass is 9.78. The van der Waals surface area contributed by atoms with E-state index in [2.05, 4.69) is 0 Å². The lowest BCUT2D eigenvalue weighted by molar-refractivity contribution is 0.0641. The van der Waals surface area contributed by atoms with Crippen LogP contribution in [0.15, 0.2) is 24.3 Å². The van der Waals surface area contributed by atoms with Gasteiger partial charge in [0, 0.05) is 11.4 Å². The minimum atomic E-state index is -0.923. The second-order valence-corrected chi connectivity index (χ2v) is 4.24. The molecule has 0 N–H and O–H groups in total. The highest BCUT2D eigenvalue weighted by molar-refractivity contribution is 6.30. The molecule has 1 saturated carbocycles. The molecule has 0 amide bonds. The standard InChI is InChI=1S/C11H12ClF/c12-10-4-2-9(3-5-10)8-11(13)6-1-7-11/h2-5H,1,6-8H2. The summed E-state index contributed by atoms with van der Waals surface area (Å²) in [6, 6.07) is 7.45. The van der Waals surface area contributed by atoms with Gasteiger partial charge in [-0.15, -0.1) is 0 Å². The second kappa shape index (κ2) is 3.30. The molecule has 0 saturated heterocycles. The van der Waals surface area contributed by atoms with Crippen molar-refractivity contribution in [3.63, 3.8) is 0 Å². The van der Waals surface area contributed by atoms with Crippen LogP contribution < -0.4 is 0 Å². The molecule has 1 fully saturated rings. The molecule has 1 aliphatic rings. The van der Waals surface area contributed by atoms with Crippen LogP contribution in [0.2, 0.25) is 5.02 Å². The first-order valence-corrected chi connectivity index (χ1v) is 4.99. The van der Waals surface area contributed by atoms with E-state index in [1.165, 1.54) is 0 Å². The van der Waals surface area contributed by atoms with Crippen LogP contribution in [-0.2, 0) is 6.42 Å². The van der Waals surface area contributed by atoms with E-state index in [1.54, 1.807) is 0 Å². The Morgan fingerprint density at radius 2 is 1.85 bits per heavy atom. The predicted molar refractivity (Wildman–Crippen MR) is 52.8 cm³/mol. The highest BCUT2D eigenvalue weighted by Crippen LogP contribution is 2.38. The highest BCUT2D eigenvalue weighted by Gasteiger charge is 2.36. The molecule has 0 bridgehead atoms. The van der Waals surface area contributed by atoms with E-state index < -0.39 is 5.67 Å². The van der Waals surface area contributed by atoms with E-state index in [9.17, 15) is 4.39 Å². The van der Waals surface area contributed by atoms with Crippen molar-refractivity contribution in [1.82, 2.24) is 0 Å². The van der Waals surface area contributed by atoms with E-state index in [4.69, 9.17) is 11.6 Å². The number of hydrogen-bond donors (Lipinski definition) is 0. The molecule has 70 valence electrons. The fourth-order valence-corrected chi connectivity index (χ4v) is 1.83. The van der Waals surface area contributed by atoms with Crippen molar-refractivity contribution >= 4 is 11.6 Å². The Hall–Kier alpha value is -0.560. The summed E-state index contributed by atoms with van der Waals surface area (Å²) in [5.74, 6) is 0. The van der Waals surface area contributed by atoms with Gasteiger partial charge in [-0.25, -0.2) is 4.39 Å². The van der Waals surface area contributed by atoms with Crippen LogP contribution in [0.1, 0.15) is 24.8 Å². The molecule has 0 aromatic heterocycles. The zero-order valence-electron chi connectivity index (χ0n) is 7.39. The van der Waals surface area contributed by atoms with Crippen LogP contribution in [0.5, 0.6) is 0 Å². The van der Waals surface area contributed by atoms with Gasteiger partial charge >= 0.3 is 0 Å². The number of rotatable bonds is 2. The lowest BCUT2D eigenvalue weighted by Gasteiger charge is -2.33. The van der Waals surface area contributed by atoms with Gasteiger partial charge in [-0.3, -0.25) is 0 Å². The SMILES string of the molecule is FC1(Cc2ccc(Cl)cc2)CCC1. The van der Waals surface area contributed by atoms with E-state index in [-0.39, 0.29) is 0 Å². The van der Waals surface area contributed by atoms with Crippen molar-refractivity contribution < 1.29 is 4.39 Å². The number of hydrogen-bond acceptors (Lipinski definition) is 0. The monoisotopic (exact) mass is 198 g/mol. The summed E-state index contributed by atoms with van der Waals surface area (Å²) in [5, 5.41) is 0.713. The van der Waals surface area contributed by atoms with Crippen molar-refractivity contribution in [1.29, 1.82) is 0 Å². The van der Waals surface area contributed by atoms with E-state index in [0.29, 0.717) is 11.4 Å². The van der Waals surface area contributed by atoms with Crippen LogP contribution in [0.25, 0.3) is 0 Å².